The molecule has 3 rings (SSSR count). The average molecular weight is 271 g/mol. The Hall–Kier alpha value is -2.56. The van der Waals surface area contributed by atoms with Gasteiger partial charge in [0.05, 0.1) is 16.7 Å². The Morgan fingerprint density at radius 3 is 2.75 bits per heavy atom. The van der Waals surface area contributed by atoms with Gasteiger partial charge >= 0.3 is 0 Å². The minimum atomic E-state index is -0.315. The highest BCUT2D eigenvalue weighted by Gasteiger charge is 2.13. The van der Waals surface area contributed by atoms with Crippen molar-refractivity contribution in [3.8, 4) is 17.1 Å². The minimum absolute atomic E-state index is 0.0170. The second-order valence-electron chi connectivity index (χ2n) is 4.59. The van der Waals surface area contributed by atoms with E-state index in [1.54, 1.807) is 24.3 Å². The zero-order valence-corrected chi connectivity index (χ0v) is 11.0. The minimum Gasteiger partial charge on any atom is -0.506 e. The van der Waals surface area contributed by atoms with E-state index < -0.39 is 0 Å². The number of phenols is 1. The average Bonchev–Trinajstić information content (AvgIpc) is 2.79. The summed E-state index contributed by atoms with van der Waals surface area (Å²) < 4.78 is 15.3. The van der Waals surface area contributed by atoms with Crippen LogP contribution < -0.4 is 5.73 Å². The van der Waals surface area contributed by atoms with Crippen LogP contribution in [0.15, 0.2) is 36.4 Å². The lowest BCUT2D eigenvalue weighted by atomic mass is 10.2. The van der Waals surface area contributed by atoms with Gasteiger partial charge in [-0.2, -0.15) is 0 Å². The van der Waals surface area contributed by atoms with Crippen LogP contribution in [0.4, 0.5) is 10.1 Å². The molecule has 4 nitrogen and oxygen atoms in total. The number of anilines is 1. The second-order valence-corrected chi connectivity index (χ2v) is 4.59. The number of rotatable bonds is 2. The van der Waals surface area contributed by atoms with Crippen molar-refractivity contribution in [2.45, 2.75) is 13.5 Å². The van der Waals surface area contributed by atoms with E-state index >= 15 is 0 Å². The Bertz CT molecular complexity index is 795. The molecule has 0 radical (unpaired) electrons. The summed E-state index contributed by atoms with van der Waals surface area (Å²) in [7, 11) is 0. The third-order valence-corrected chi connectivity index (χ3v) is 3.32. The van der Waals surface area contributed by atoms with Gasteiger partial charge in [0.1, 0.15) is 17.4 Å². The van der Waals surface area contributed by atoms with Crippen LogP contribution in [0.3, 0.4) is 0 Å². The molecule has 0 amide bonds. The number of nitrogens with zero attached hydrogens (tertiary/aromatic N) is 2. The summed E-state index contributed by atoms with van der Waals surface area (Å²) in [5, 5.41) is 9.72. The number of hydrogen-bond acceptors (Lipinski definition) is 3. The highest BCUT2D eigenvalue weighted by atomic mass is 19.1. The van der Waals surface area contributed by atoms with Crippen molar-refractivity contribution in [3.05, 3.63) is 42.2 Å². The molecule has 3 aromatic rings. The van der Waals surface area contributed by atoms with Gasteiger partial charge in [0.2, 0.25) is 0 Å². The van der Waals surface area contributed by atoms with Gasteiger partial charge in [-0.3, -0.25) is 0 Å². The number of phenolic OH excluding ortho intramolecular Hbond substituents is 1. The number of hydrogen-bond donors (Lipinski definition) is 2. The summed E-state index contributed by atoms with van der Waals surface area (Å²) in [5.74, 6) is 0.386. The first-order chi connectivity index (χ1) is 9.60. The van der Waals surface area contributed by atoms with Crippen LogP contribution in [-0.4, -0.2) is 14.7 Å². The van der Waals surface area contributed by atoms with Gasteiger partial charge in [0, 0.05) is 18.2 Å². The van der Waals surface area contributed by atoms with Gasteiger partial charge in [0.25, 0.3) is 0 Å². The first-order valence-electron chi connectivity index (χ1n) is 6.35. The van der Waals surface area contributed by atoms with Crippen molar-refractivity contribution < 1.29 is 9.50 Å². The number of fused-ring (bicyclic) bond motifs is 1. The fraction of sp³-hybridized carbons (Fsp3) is 0.133. The monoisotopic (exact) mass is 271 g/mol. The van der Waals surface area contributed by atoms with E-state index in [1.807, 2.05) is 11.5 Å². The predicted molar refractivity (Wildman–Crippen MR) is 76.9 cm³/mol. The number of aryl methyl sites for hydroxylation is 1. The Kier molecular flexibility index (Phi) is 2.82. The molecule has 1 aromatic heterocycles. The third kappa shape index (κ3) is 1.87. The van der Waals surface area contributed by atoms with Crippen molar-refractivity contribution >= 4 is 16.7 Å². The predicted octanol–water partition coefficient (Wildman–Crippen LogP) is 3.15. The molecular weight excluding hydrogens is 257 g/mol. The third-order valence-electron chi connectivity index (χ3n) is 3.32. The lowest BCUT2D eigenvalue weighted by Gasteiger charge is -2.07. The first-order valence-corrected chi connectivity index (χ1v) is 6.35. The first kappa shape index (κ1) is 12.5. The van der Waals surface area contributed by atoms with Crippen molar-refractivity contribution in [2.75, 3.05) is 5.73 Å². The second kappa shape index (κ2) is 4.52. The van der Waals surface area contributed by atoms with E-state index in [2.05, 4.69) is 4.98 Å². The van der Waals surface area contributed by atoms with Gasteiger partial charge in [-0.05, 0) is 37.3 Å². The topological polar surface area (TPSA) is 64.1 Å². The Morgan fingerprint density at radius 2 is 2.05 bits per heavy atom. The van der Waals surface area contributed by atoms with Crippen LogP contribution in [0.25, 0.3) is 22.4 Å². The van der Waals surface area contributed by atoms with Crippen LogP contribution in [-0.2, 0) is 6.54 Å². The smallest absolute Gasteiger partial charge is 0.141 e. The normalized spacial score (nSPS) is 11.1. The summed E-state index contributed by atoms with van der Waals surface area (Å²) in [6.45, 7) is 2.69. The number of nitrogens with two attached hydrogens (primary N) is 1. The number of aromatic nitrogens is 2. The van der Waals surface area contributed by atoms with E-state index in [4.69, 9.17) is 5.73 Å². The number of nitrogen functional groups attached to an aromatic ring is 1. The van der Waals surface area contributed by atoms with Crippen molar-refractivity contribution in [1.29, 1.82) is 0 Å². The molecule has 0 saturated heterocycles. The maximum Gasteiger partial charge on any atom is 0.141 e. The number of benzene rings is 2. The molecule has 0 bridgehead atoms. The molecular formula is C15H14FN3O. The lowest BCUT2D eigenvalue weighted by Crippen LogP contribution is -1.97. The quantitative estimate of drug-likeness (QED) is 0.556. The number of halogens is 1. The fourth-order valence-corrected chi connectivity index (χ4v) is 2.33. The molecule has 3 N–H and O–H groups in total. The van der Waals surface area contributed by atoms with Crippen molar-refractivity contribution in [2.24, 2.45) is 0 Å². The fourth-order valence-electron chi connectivity index (χ4n) is 2.33. The van der Waals surface area contributed by atoms with Crippen LogP contribution in [0.1, 0.15) is 6.92 Å². The molecule has 20 heavy (non-hydrogen) atoms. The summed E-state index contributed by atoms with van der Waals surface area (Å²) in [4.78, 5) is 4.46. The van der Waals surface area contributed by atoms with Gasteiger partial charge in [-0.1, -0.05) is 0 Å². The summed E-state index contributed by atoms with van der Waals surface area (Å²) >= 11 is 0. The van der Waals surface area contributed by atoms with E-state index in [0.717, 1.165) is 11.1 Å². The van der Waals surface area contributed by atoms with Gasteiger partial charge in [0.15, 0.2) is 0 Å². The SMILES string of the molecule is CCn1c(-c2ccc(N)c(O)c2)nc2cc(F)ccc21. The zero-order chi connectivity index (χ0) is 14.3. The Labute approximate surface area is 115 Å². The molecule has 0 fully saturated rings. The molecule has 0 unspecified atom stereocenters. The lowest BCUT2D eigenvalue weighted by molar-refractivity contribution is 0.478. The van der Waals surface area contributed by atoms with E-state index in [9.17, 15) is 9.50 Å². The van der Waals surface area contributed by atoms with Crippen LogP contribution in [0.2, 0.25) is 0 Å². The van der Waals surface area contributed by atoms with E-state index in [-0.39, 0.29) is 11.6 Å². The van der Waals surface area contributed by atoms with E-state index in [1.165, 1.54) is 12.1 Å². The highest BCUT2D eigenvalue weighted by molar-refractivity contribution is 5.81. The highest BCUT2D eigenvalue weighted by Crippen LogP contribution is 2.30. The van der Waals surface area contributed by atoms with Gasteiger partial charge in [-0.25, -0.2) is 9.37 Å². The summed E-state index contributed by atoms with van der Waals surface area (Å²) in [6, 6.07) is 9.52. The van der Waals surface area contributed by atoms with Crippen molar-refractivity contribution in [3.63, 3.8) is 0 Å². The van der Waals surface area contributed by atoms with Crippen LogP contribution >= 0.6 is 0 Å². The molecule has 0 saturated carbocycles. The Morgan fingerprint density at radius 1 is 1.25 bits per heavy atom. The number of imidazole rings is 1. The van der Waals surface area contributed by atoms with Gasteiger partial charge in [-0.15, -0.1) is 0 Å². The molecule has 0 aliphatic rings. The van der Waals surface area contributed by atoms with Crippen LogP contribution in [0.5, 0.6) is 5.75 Å². The molecule has 2 aromatic carbocycles. The molecule has 1 heterocycles. The molecule has 0 spiro atoms. The summed E-state index contributed by atoms with van der Waals surface area (Å²) in [6.07, 6.45) is 0. The largest absolute Gasteiger partial charge is 0.506 e. The Balaban J connectivity index is 2.26. The molecule has 5 heteroatoms. The molecule has 0 aliphatic carbocycles. The van der Waals surface area contributed by atoms with Crippen molar-refractivity contribution in [1.82, 2.24) is 9.55 Å². The maximum absolute atomic E-state index is 13.3. The molecule has 0 aliphatic heterocycles. The standard InChI is InChI=1S/C15H14FN3O/c1-2-19-13-6-4-10(16)8-12(13)18-15(19)9-3-5-11(17)14(20)7-9/h3-8,20H,2,17H2,1H3. The number of aromatic hydroxyl groups is 1. The van der Waals surface area contributed by atoms with Crippen LogP contribution in [0, 0.1) is 5.82 Å². The summed E-state index contributed by atoms with van der Waals surface area (Å²) in [5.41, 5.74) is 8.13. The molecule has 0 atom stereocenters. The zero-order valence-electron chi connectivity index (χ0n) is 11.0. The maximum atomic E-state index is 13.3. The van der Waals surface area contributed by atoms with Gasteiger partial charge < -0.3 is 15.4 Å². The molecule has 102 valence electrons. The van der Waals surface area contributed by atoms with E-state index in [0.29, 0.717) is 23.6 Å².